The van der Waals surface area contributed by atoms with Crippen molar-refractivity contribution in [2.45, 2.75) is 12.5 Å². The van der Waals surface area contributed by atoms with E-state index in [1.807, 2.05) is 0 Å². The topological polar surface area (TPSA) is 54.5 Å². The summed E-state index contributed by atoms with van der Waals surface area (Å²) in [5, 5.41) is 2.45. The summed E-state index contributed by atoms with van der Waals surface area (Å²) in [5.74, 6) is -1.11. The number of ether oxygens (including phenoxy) is 1. The van der Waals surface area contributed by atoms with Gasteiger partial charge in [-0.2, -0.15) is 0 Å². The van der Waals surface area contributed by atoms with Gasteiger partial charge < -0.3 is 10.1 Å². The zero-order valence-corrected chi connectivity index (χ0v) is 10.6. The van der Waals surface area contributed by atoms with E-state index >= 15 is 0 Å². The second kappa shape index (κ2) is 6.67. The Hall–Kier alpha value is -1.67. The number of nitrogens with zero attached hydrogens (tertiary/aromatic N) is 2. The van der Waals surface area contributed by atoms with E-state index in [0.717, 1.165) is 12.3 Å². The van der Waals surface area contributed by atoms with E-state index < -0.39 is 30.7 Å². The quantitative estimate of drug-likeness (QED) is 0.902. The molecule has 1 fully saturated rings. The van der Waals surface area contributed by atoms with E-state index in [9.17, 15) is 18.0 Å². The first-order valence-corrected chi connectivity index (χ1v) is 6.07. The summed E-state index contributed by atoms with van der Waals surface area (Å²) in [6.07, 6.45) is -0.246. The lowest BCUT2D eigenvalue weighted by molar-refractivity contribution is -0.128. The second-order valence-corrected chi connectivity index (χ2v) is 4.36. The smallest absolute Gasteiger partial charge is 0.251 e. The Morgan fingerprint density at radius 2 is 2.35 bits per heavy atom. The molecule has 1 aromatic rings. The minimum atomic E-state index is -2.53. The number of pyridine rings is 1. The normalized spacial score (nSPS) is 20.1. The van der Waals surface area contributed by atoms with E-state index in [2.05, 4.69) is 10.3 Å². The molecule has 0 radical (unpaired) electrons. The maximum Gasteiger partial charge on any atom is 0.251 e. The van der Waals surface area contributed by atoms with Crippen molar-refractivity contribution in [2.75, 3.05) is 31.6 Å². The molecule has 1 atom stereocenters. The fourth-order valence-electron chi connectivity index (χ4n) is 1.98. The number of morpholine rings is 1. The molecule has 1 unspecified atom stereocenters. The van der Waals surface area contributed by atoms with Gasteiger partial charge in [-0.3, -0.25) is 14.7 Å². The van der Waals surface area contributed by atoms with Gasteiger partial charge in [0.2, 0.25) is 5.91 Å². The highest BCUT2D eigenvalue weighted by Gasteiger charge is 2.31. The zero-order chi connectivity index (χ0) is 14.5. The molecule has 1 aromatic heterocycles. The average Bonchev–Trinajstić information content (AvgIpc) is 2.38. The summed E-state index contributed by atoms with van der Waals surface area (Å²) >= 11 is 0. The molecule has 1 saturated heterocycles. The highest BCUT2D eigenvalue weighted by molar-refractivity contribution is 5.94. The van der Waals surface area contributed by atoms with Crippen LogP contribution in [0.2, 0.25) is 0 Å². The number of aromatic nitrogens is 1. The molecular weight excluding hydrogens is 275 g/mol. The third-order valence-corrected chi connectivity index (χ3v) is 2.89. The van der Waals surface area contributed by atoms with E-state index in [4.69, 9.17) is 4.74 Å². The summed E-state index contributed by atoms with van der Waals surface area (Å²) < 4.78 is 43.0. The Balaban J connectivity index is 2.02. The van der Waals surface area contributed by atoms with Crippen LogP contribution in [-0.2, 0) is 9.53 Å². The molecule has 1 aliphatic heterocycles. The Labute approximate surface area is 113 Å². The van der Waals surface area contributed by atoms with Crippen LogP contribution in [0.1, 0.15) is 0 Å². The molecule has 0 aliphatic carbocycles. The number of carbonyl (C=O) groups is 1. The Bertz CT molecular complexity index is 473. The number of nitrogens with one attached hydrogen (secondary N) is 1. The molecule has 1 N–H and O–H groups in total. The van der Waals surface area contributed by atoms with E-state index in [-0.39, 0.29) is 18.8 Å². The highest BCUT2D eigenvalue weighted by Crippen LogP contribution is 2.13. The van der Waals surface area contributed by atoms with Crippen LogP contribution in [-0.4, -0.2) is 54.6 Å². The fraction of sp³-hybridized carbons (Fsp3) is 0.500. The monoisotopic (exact) mass is 289 g/mol. The van der Waals surface area contributed by atoms with E-state index in [1.54, 1.807) is 0 Å². The molecule has 0 saturated carbocycles. The van der Waals surface area contributed by atoms with Crippen LogP contribution in [0.25, 0.3) is 0 Å². The summed E-state index contributed by atoms with van der Waals surface area (Å²) in [4.78, 5) is 17.0. The minimum Gasteiger partial charge on any atom is -0.378 e. The number of amides is 1. The first kappa shape index (κ1) is 14.7. The molecule has 2 heterocycles. The van der Waals surface area contributed by atoms with E-state index in [0.29, 0.717) is 6.61 Å². The Morgan fingerprint density at radius 3 is 3.05 bits per heavy atom. The van der Waals surface area contributed by atoms with Crippen molar-refractivity contribution in [3.8, 4) is 0 Å². The number of anilines is 1. The van der Waals surface area contributed by atoms with Crippen molar-refractivity contribution in [3.63, 3.8) is 0 Å². The van der Waals surface area contributed by atoms with Gasteiger partial charge in [0.05, 0.1) is 37.8 Å². The third-order valence-electron chi connectivity index (χ3n) is 2.89. The van der Waals surface area contributed by atoms with Gasteiger partial charge in [0, 0.05) is 12.6 Å². The lowest BCUT2D eigenvalue weighted by atomic mass is 10.2. The van der Waals surface area contributed by atoms with Crippen LogP contribution >= 0.6 is 0 Å². The molecule has 110 valence electrons. The Kier molecular flexibility index (Phi) is 4.91. The standard InChI is InChI=1S/C12H14F3N3O2/c13-8-3-9(5-16-4-8)17-12(19)10-7-20-2-1-18(10)6-11(14)15/h3-5,10-11H,1-2,6-7H2,(H,17,19). The van der Waals surface area contributed by atoms with Gasteiger partial charge in [-0.05, 0) is 0 Å². The van der Waals surface area contributed by atoms with Crippen LogP contribution < -0.4 is 5.32 Å². The Morgan fingerprint density at radius 1 is 1.55 bits per heavy atom. The summed E-state index contributed by atoms with van der Waals surface area (Å²) in [5.41, 5.74) is 0.178. The van der Waals surface area contributed by atoms with Crippen LogP contribution in [0.4, 0.5) is 18.9 Å². The summed E-state index contributed by atoms with van der Waals surface area (Å²) in [6.45, 7) is 0.0893. The number of rotatable bonds is 4. The molecule has 20 heavy (non-hydrogen) atoms. The van der Waals surface area contributed by atoms with Gasteiger partial charge in [-0.1, -0.05) is 0 Å². The average molecular weight is 289 g/mol. The van der Waals surface area contributed by atoms with Gasteiger partial charge in [0.1, 0.15) is 11.9 Å². The first-order valence-electron chi connectivity index (χ1n) is 6.07. The maximum atomic E-state index is 13.0. The zero-order valence-electron chi connectivity index (χ0n) is 10.6. The molecule has 1 aliphatic rings. The van der Waals surface area contributed by atoms with Crippen molar-refractivity contribution < 1.29 is 22.7 Å². The van der Waals surface area contributed by atoms with Crippen LogP contribution in [0.15, 0.2) is 18.5 Å². The molecule has 2 rings (SSSR count). The predicted molar refractivity (Wildman–Crippen MR) is 65.0 cm³/mol. The van der Waals surface area contributed by atoms with Gasteiger partial charge in [0.15, 0.2) is 0 Å². The lowest BCUT2D eigenvalue weighted by Crippen LogP contribution is -2.53. The molecule has 1 amide bonds. The summed E-state index contributed by atoms with van der Waals surface area (Å²) in [6, 6.07) is 0.285. The lowest BCUT2D eigenvalue weighted by Gasteiger charge is -2.34. The predicted octanol–water partition coefficient (Wildman–Crippen LogP) is 1.13. The first-order chi connectivity index (χ1) is 9.56. The van der Waals surface area contributed by atoms with Crippen molar-refractivity contribution in [2.24, 2.45) is 0 Å². The van der Waals surface area contributed by atoms with Gasteiger partial charge in [-0.15, -0.1) is 0 Å². The molecule has 8 heteroatoms. The van der Waals surface area contributed by atoms with E-state index in [1.165, 1.54) is 11.1 Å². The number of hydrogen-bond donors (Lipinski definition) is 1. The number of hydrogen-bond acceptors (Lipinski definition) is 4. The number of carbonyl (C=O) groups excluding carboxylic acids is 1. The minimum absolute atomic E-state index is 0.0291. The van der Waals surface area contributed by atoms with Gasteiger partial charge in [0.25, 0.3) is 6.43 Å². The third kappa shape index (κ3) is 3.91. The molecule has 0 aromatic carbocycles. The fourth-order valence-corrected chi connectivity index (χ4v) is 1.98. The molecule has 0 bridgehead atoms. The van der Waals surface area contributed by atoms with Crippen LogP contribution in [0.3, 0.4) is 0 Å². The van der Waals surface area contributed by atoms with Crippen LogP contribution in [0.5, 0.6) is 0 Å². The van der Waals surface area contributed by atoms with Gasteiger partial charge >= 0.3 is 0 Å². The number of alkyl halides is 2. The maximum absolute atomic E-state index is 13.0. The number of halogens is 3. The SMILES string of the molecule is O=C(Nc1cncc(F)c1)C1COCCN1CC(F)F. The molecule has 5 nitrogen and oxygen atoms in total. The highest BCUT2D eigenvalue weighted by atomic mass is 19.3. The summed E-state index contributed by atoms with van der Waals surface area (Å²) in [7, 11) is 0. The van der Waals surface area contributed by atoms with Crippen molar-refractivity contribution >= 4 is 11.6 Å². The molecular formula is C12H14F3N3O2. The second-order valence-electron chi connectivity index (χ2n) is 4.36. The van der Waals surface area contributed by atoms with Gasteiger partial charge in [-0.25, -0.2) is 13.2 Å². The van der Waals surface area contributed by atoms with Crippen molar-refractivity contribution in [3.05, 3.63) is 24.3 Å². The van der Waals surface area contributed by atoms with Crippen LogP contribution in [0, 0.1) is 5.82 Å². The largest absolute Gasteiger partial charge is 0.378 e. The molecule has 0 spiro atoms. The van der Waals surface area contributed by atoms with Crippen molar-refractivity contribution in [1.82, 2.24) is 9.88 Å². The van der Waals surface area contributed by atoms with Crippen molar-refractivity contribution in [1.29, 1.82) is 0 Å².